The quantitative estimate of drug-likeness (QED) is 0.819. The van der Waals surface area contributed by atoms with Crippen LogP contribution in [0.2, 0.25) is 0 Å². The summed E-state index contributed by atoms with van der Waals surface area (Å²) < 4.78 is 4.60. The van der Waals surface area contributed by atoms with Gasteiger partial charge in [-0.05, 0) is 45.0 Å². The molecule has 0 saturated carbocycles. The van der Waals surface area contributed by atoms with Crippen molar-refractivity contribution in [3.63, 3.8) is 0 Å². The Balaban J connectivity index is 1.87. The normalized spacial score (nSPS) is 17.2. The molecule has 6 heteroatoms. The highest BCUT2D eigenvalue weighted by Gasteiger charge is 2.16. The van der Waals surface area contributed by atoms with Crippen LogP contribution in [0.1, 0.15) is 23.5 Å². The van der Waals surface area contributed by atoms with E-state index in [2.05, 4.69) is 32.0 Å². The Morgan fingerprint density at radius 1 is 1.53 bits per heavy atom. The molecule has 0 bridgehead atoms. The van der Waals surface area contributed by atoms with Crippen LogP contribution >= 0.6 is 0 Å². The van der Waals surface area contributed by atoms with Crippen molar-refractivity contribution in [2.45, 2.75) is 12.8 Å². The molecule has 2 heterocycles. The van der Waals surface area contributed by atoms with Gasteiger partial charge in [-0.2, -0.15) is 0 Å². The number of nitrogens with zero attached hydrogens (tertiary/aromatic N) is 3. The summed E-state index contributed by atoms with van der Waals surface area (Å²) in [5.74, 6) is 0.917. The molecule has 104 valence electrons. The molecule has 0 unspecified atom stereocenters. The number of methoxy groups -OCH3 is 1. The van der Waals surface area contributed by atoms with E-state index in [0.717, 1.165) is 19.6 Å². The minimum absolute atomic E-state index is 0.0934. The number of esters is 1. The van der Waals surface area contributed by atoms with Gasteiger partial charge in [-0.15, -0.1) is 0 Å². The molecule has 1 aromatic rings. The van der Waals surface area contributed by atoms with Gasteiger partial charge in [-0.1, -0.05) is 0 Å². The van der Waals surface area contributed by atoms with Crippen LogP contribution in [0.25, 0.3) is 0 Å². The first-order valence-corrected chi connectivity index (χ1v) is 6.53. The largest absolute Gasteiger partial charge is 0.463 e. The second-order valence-electron chi connectivity index (χ2n) is 4.88. The van der Waals surface area contributed by atoms with Crippen molar-refractivity contribution in [3.8, 4) is 0 Å². The van der Waals surface area contributed by atoms with E-state index in [-0.39, 0.29) is 5.82 Å². The molecule has 1 fully saturated rings. The molecule has 0 aliphatic carbocycles. The second kappa shape index (κ2) is 6.47. The third kappa shape index (κ3) is 3.89. The van der Waals surface area contributed by atoms with Gasteiger partial charge in [-0.25, -0.2) is 14.8 Å². The summed E-state index contributed by atoms with van der Waals surface area (Å²) in [7, 11) is 3.47. The molecule has 0 radical (unpaired) electrons. The monoisotopic (exact) mass is 264 g/mol. The number of aromatic nitrogens is 2. The topological polar surface area (TPSA) is 67.3 Å². The molecule has 19 heavy (non-hydrogen) atoms. The van der Waals surface area contributed by atoms with Gasteiger partial charge in [0.1, 0.15) is 5.82 Å². The number of carbonyl (C=O) groups is 1. The SMILES string of the molecule is COC(=O)c1nccc(NCC2CCN(C)CC2)n1. The van der Waals surface area contributed by atoms with E-state index in [4.69, 9.17) is 0 Å². The molecule has 1 aliphatic heterocycles. The van der Waals surface area contributed by atoms with E-state index >= 15 is 0 Å². The number of piperidine rings is 1. The summed E-state index contributed by atoms with van der Waals surface area (Å²) in [5.41, 5.74) is 0. The van der Waals surface area contributed by atoms with Crippen LogP contribution in [0, 0.1) is 5.92 Å². The van der Waals surface area contributed by atoms with E-state index in [1.807, 2.05) is 0 Å². The first-order chi connectivity index (χ1) is 9.19. The maximum atomic E-state index is 11.3. The maximum Gasteiger partial charge on any atom is 0.376 e. The van der Waals surface area contributed by atoms with Crippen LogP contribution in [0.15, 0.2) is 12.3 Å². The van der Waals surface area contributed by atoms with Crippen molar-refractivity contribution in [2.24, 2.45) is 5.92 Å². The van der Waals surface area contributed by atoms with E-state index in [0.29, 0.717) is 11.7 Å². The maximum absolute atomic E-state index is 11.3. The second-order valence-corrected chi connectivity index (χ2v) is 4.88. The average Bonchev–Trinajstić information content (AvgIpc) is 2.46. The minimum atomic E-state index is -0.511. The van der Waals surface area contributed by atoms with Crippen molar-refractivity contribution in [3.05, 3.63) is 18.1 Å². The van der Waals surface area contributed by atoms with Gasteiger partial charge in [0, 0.05) is 12.7 Å². The van der Waals surface area contributed by atoms with Crippen molar-refractivity contribution < 1.29 is 9.53 Å². The Labute approximate surface area is 113 Å². The molecule has 0 aromatic carbocycles. The minimum Gasteiger partial charge on any atom is -0.463 e. The summed E-state index contributed by atoms with van der Waals surface area (Å²) in [4.78, 5) is 21.7. The van der Waals surface area contributed by atoms with Gasteiger partial charge in [0.15, 0.2) is 0 Å². The summed E-state index contributed by atoms with van der Waals surface area (Å²) >= 11 is 0. The molecule has 1 N–H and O–H groups in total. The fraction of sp³-hybridized carbons (Fsp3) is 0.615. The lowest BCUT2D eigenvalue weighted by Crippen LogP contribution is -2.33. The van der Waals surface area contributed by atoms with Gasteiger partial charge in [-0.3, -0.25) is 0 Å². The van der Waals surface area contributed by atoms with Gasteiger partial charge >= 0.3 is 5.97 Å². The molecular weight excluding hydrogens is 244 g/mol. The molecule has 0 spiro atoms. The number of rotatable bonds is 4. The van der Waals surface area contributed by atoms with Gasteiger partial charge in [0.25, 0.3) is 0 Å². The lowest BCUT2D eigenvalue weighted by atomic mass is 9.97. The fourth-order valence-corrected chi connectivity index (χ4v) is 2.16. The van der Waals surface area contributed by atoms with E-state index < -0.39 is 5.97 Å². The van der Waals surface area contributed by atoms with Crippen molar-refractivity contribution in [2.75, 3.05) is 39.1 Å². The van der Waals surface area contributed by atoms with Crippen LogP contribution < -0.4 is 5.32 Å². The number of ether oxygens (including phenoxy) is 1. The van der Waals surface area contributed by atoms with Crippen LogP contribution in [-0.4, -0.2) is 54.6 Å². The lowest BCUT2D eigenvalue weighted by Gasteiger charge is -2.29. The summed E-state index contributed by atoms with van der Waals surface area (Å²) in [6.45, 7) is 3.17. The average molecular weight is 264 g/mol. The number of hydrogen-bond acceptors (Lipinski definition) is 6. The van der Waals surface area contributed by atoms with Crippen LogP contribution in [-0.2, 0) is 4.74 Å². The molecular formula is C13H20N4O2. The Kier molecular flexibility index (Phi) is 4.68. The molecule has 1 saturated heterocycles. The molecule has 1 aliphatic rings. The summed E-state index contributed by atoms with van der Waals surface area (Å²) in [5, 5.41) is 3.27. The van der Waals surface area contributed by atoms with Crippen LogP contribution in [0.5, 0.6) is 0 Å². The number of hydrogen-bond donors (Lipinski definition) is 1. The fourth-order valence-electron chi connectivity index (χ4n) is 2.16. The first kappa shape index (κ1) is 13.7. The smallest absolute Gasteiger partial charge is 0.376 e. The standard InChI is InChI=1S/C13H20N4O2/c1-17-7-4-10(5-8-17)9-15-11-3-6-14-12(16-11)13(18)19-2/h3,6,10H,4-5,7-9H2,1-2H3,(H,14,15,16). The Hall–Kier alpha value is -1.69. The predicted octanol–water partition coefficient (Wildman–Crippen LogP) is 1.02. The third-order valence-electron chi connectivity index (χ3n) is 3.43. The number of likely N-dealkylation sites (tertiary alicyclic amines) is 1. The molecule has 6 nitrogen and oxygen atoms in total. The molecule has 1 aromatic heterocycles. The van der Waals surface area contributed by atoms with E-state index in [9.17, 15) is 4.79 Å². The van der Waals surface area contributed by atoms with Crippen molar-refractivity contribution in [1.29, 1.82) is 0 Å². The van der Waals surface area contributed by atoms with Crippen molar-refractivity contribution >= 4 is 11.8 Å². The number of anilines is 1. The zero-order valence-corrected chi connectivity index (χ0v) is 11.4. The Bertz CT molecular complexity index is 430. The Morgan fingerprint density at radius 2 is 2.26 bits per heavy atom. The number of nitrogens with one attached hydrogen (secondary N) is 1. The summed E-state index contributed by atoms with van der Waals surface area (Å²) in [6, 6.07) is 1.77. The van der Waals surface area contributed by atoms with Crippen molar-refractivity contribution in [1.82, 2.24) is 14.9 Å². The van der Waals surface area contributed by atoms with Crippen LogP contribution in [0.3, 0.4) is 0 Å². The highest BCUT2D eigenvalue weighted by Crippen LogP contribution is 2.16. The molecule has 2 rings (SSSR count). The van der Waals surface area contributed by atoms with E-state index in [1.165, 1.54) is 20.0 Å². The molecule has 0 amide bonds. The zero-order valence-electron chi connectivity index (χ0n) is 11.4. The van der Waals surface area contributed by atoms with Gasteiger partial charge < -0.3 is 15.0 Å². The van der Waals surface area contributed by atoms with E-state index in [1.54, 1.807) is 12.3 Å². The third-order valence-corrected chi connectivity index (χ3v) is 3.43. The Morgan fingerprint density at radius 3 is 2.95 bits per heavy atom. The highest BCUT2D eigenvalue weighted by molar-refractivity contribution is 5.85. The van der Waals surface area contributed by atoms with Gasteiger partial charge in [0.2, 0.25) is 5.82 Å². The zero-order chi connectivity index (χ0) is 13.7. The first-order valence-electron chi connectivity index (χ1n) is 6.53. The highest BCUT2D eigenvalue weighted by atomic mass is 16.5. The molecule has 0 atom stereocenters. The predicted molar refractivity (Wildman–Crippen MR) is 72.1 cm³/mol. The lowest BCUT2D eigenvalue weighted by molar-refractivity contribution is 0.0587. The van der Waals surface area contributed by atoms with Gasteiger partial charge in [0.05, 0.1) is 7.11 Å². The van der Waals surface area contributed by atoms with Crippen LogP contribution in [0.4, 0.5) is 5.82 Å². The number of carbonyl (C=O) groups excluding carboxylic acids is 1. The summed E-state index contributed by atoms with van der Waals surface area (Å²) in [6.07, 6.45) is 3.95.